The van der Waals surface area contributed by atoms with Crippen molar-refractivity contribution in [1.29, 1.82) is 0 Å². The number of hydrogen-bond donors (Lipinski definition) is 1. The average Bonchev–Trinajstić information content (AvgIpc) is 2.52. The van der Waals surface area contributed by atoms with E-state index in [0.29, 0.717) is 19.8 Å². The Morgan fingerprint density at radius 1 is 1.43 bits per heavy atom. The zero-order valence-corrected chi connectivity index (χ0v) is 8.07. The van der Waals surface area contributed by atoms with E-state index < -0.39 is 11.8 Å². The second kappa shape index (κ2) is 3.84. The molecule has 0 amide bonds. The van der Waals surface area contributed by atoms with E-state index in [1.807, 2.05) is 4.90 Å². The highest BCUT2D eigenvalue weighted by atomic mass is 16.7. The summed E-state index contributed by atoms with van der Waals surface area (Å²) in [4.78, 5) is 12.4. The van der Waals surface area contributed by atoms with Crippen molar-refractivity contribution in [2.45, 2.75) is 18.6 Å². The maximum Gasteiger partial charge on any atom is 0.317 e. The number of carboxylic acid groups (broad SMARTS) is 1. The molecule has 0 unspecified atom stereocenters. The molecule has 0 aromatic rings. The SMILES string of the molecule is O=C(O)CN1CCCC2(C1)OCCO2. The molecule has 0 saturated carbocycles. The van der Waals surface area contributed by atoms with Gasteiger partial charge >= 0.3 is 5.97 Å². The van der Waals surface area contributed by atoms with Crippen LogP contribution in [0.25, 0.3) is 0 Å². The molecular weight excluding hydrogens is 186 g/mol. The summed E-state index contributed by atoms with van der Waals surface area (Å²) < 4.78 is 11.1. The third-order valence-corrected chi connectivity index (χ3v) is 2.67. The predicted molar refractivity (Wildman–Crippen MR) is 47.9 cm³/mol. The van der Waals surface area contributed by atoms with Gasteiger partial charge < -0.3 is 14.6 Å². The minimum absolute atomic E-state index is 0.0778. The number of rotatable bonds is 2. The molecule has 2 heterocycles. The smallest absolute Gasteiger partial charge is 0.317 e. The minimum Gasteiger partial charge on any atom is -0.480 e. The van der Waals surface area contributed by atoms with E-state index in [1.54, 1.807) is 0 Å². The largest absolute Gasteiger partial charge is 0.480 e. The van der Waals surface area contributed by atoms with Crippen LogP contribution in [0, 0.1) is 0 Å². The van der Waals surface area contributed by atoms with Crippen LogP contribution in [0.1, 0.15) is 12.8 Å². The van der Waals surface area contributed by atoms with Gasteiger partial charge in [-0.15, -0.1) is 0 Å². The second-order valence-electron chi connectivity index (χ2n) is 3.82. The lowest BCUT2D eigenvalue weighted by molar-refractivity contribution is -0.190. The standard InChI is InChI=1S/C9H15NO4/c11-8(12)6-10-3-1-2-9(7-10)13-4-5-14-9/h1-7H2,(H,11,12). The molecule has 1 N–H and O–H groups in total. The molecule has 0 aromatic carbocycles. The summed E-state index contributed by atoms with van der Waals surface area (Å²) in [6, 6.07) is 0. The first kappa shape index (κ1) is 9.89. The molecule has 0 aromatic heterocycles. The second-order valence-corrected chi connectivity index (χ2v) is 3.82. The van der Waals surface area contributed by atoms with E-state index in [4.69, 9.17) is 14.6 Å². The van der Waals surface area contributed by atoms with E-state index in [9.17, 15) is 4.79 Å². The number of carboxylic acids is 1. The van der Waals surface area contributed by atoms with Gasteiger partial charge in [-0.3, -0.25) is 9.69 Å². The van der Waals surface area contributed by atoms with Gasteiger partial charge in [0.25, 0.3) is 0 Å². The maximum atomic E-state index is 10.5. The fourth-order valence-corrected chi connectivity index (χ4v) is 2.13. The third kappa shape index (κ3) is 2.05. The van der Waals surface area contributed by atoms with Crippen molar-refractivity contribution in [3.63, 3.8) is 0 Å². The van der Waals surface area contributed by atoms with Gasteiger partial charge in [-0.1, -0.05) is 0 Å². The number of nitrogens with zero attached hydrogens (tertiary/aromatic N) is 1. The van der Waals surface area contributed by atoms with E-state index in [2.05, 4.69) is 0 Å². The topological polar surface area (TPSA) is 59.0 Å². The maximum absolute atomic E-state index is 10.5. The van der Waals surface area contributed by atoms with Crippen molar-refractivity contribution in [3.05, 3.63) is 0 Å². The van der Waals surface area contributed by atoms with Crippen molar-refractivity contribution in [2.75, 3.05) is 32.8 Å². The van der Waals surface area contributed by atoms with Crippen molar-refractivity contribution in [2.24, 2.45) is 0 Å². The zero-order chi connectivity index (χ0) is 10.0. The Labute approximate surface area is 82.6 Å². The fourth-order valence-electron chi connectivity index (χ4n) is 2.13. The summed E-state index contributed by atoms with van der Waals surface area (Å²) in [5.41, 5.74) is 0. The van der Waals surface area contributed by atoms with E-state index in [0.717, 1.165) is 19.4 Å². The van der Waals surface area contributed by atoms with E-state index >= 15 is 0 Å². The van der Waals surface area contributed by atoms with Gasteiger partial charge in [-0.05, 0) is 13.0 Å². The minimum atomic E-state index is -0.792. The van der Waals surface area contributed by atoms with Crippen LogP contribution in [-0.2, 0) is 14.3 Å². The lowest BCUT2D eigenvalue weighted by atomic mass is 10.0. The third-order valence-electron chi connectivity index (χ3n) is 2.67. The Morgan fingerprint density at radius 3 is 2.79 bits per heavy atom. The first-order chi connectivity index (χ1) is 6.70. The molecule has 0 bridgehead atoms. The molecule has 0 atom stereocenters. The summed E-state index contributed by atoms with van der Waals surface area (Å²) in [6.45, 7) is 2.73. The van der Waals surface area contributed by atoms with Crippen molar-refractivity contribution >= 4 is 5.97 Å². The zero-order valence-electron chi connectivity index (χ0n) is 8.07. The predicted octanol–water partition coefficient (Wildman–Crippen LogP) is -0.0901. The highest BCUT2D eigenvalue weighted by Crippen LogP contribution is 2.29. The molecule has 2 saturated heterocycles. The molecule has 0 radical (unpaired) electrons. The number of aliphatic carboxylic acids is 1. The Bertz CT molecular complexity index is 225. The lowest BCUT2D eigenvalue weighted by Gasteiger charge is -2.37. The van der Waals surface area contributed by atoms with Crippen LogP contribution in [0.4, 0.5) is 0 Å². The molecule has 80 valence electrons. The highest BCUT2D eigenvalue weighted by Gasteiger charge is 2.40. The van der Waals surface area contributed by atoms with Crippen LogP contribution >= 0.6 is 0 Å². The lowest BCUT2D eigenvalue weighted by Crippen LogP contribution is -2.50. The molecule has 2 rings (SSSR count). The van der Waals surface area contributed by atoms with E-state index in [-0.39, 0.29) is 6.54 Å². The van der Waals surface area contributed by atoms with Gasteiger partial charge in [0.05, 0.1) is 26.3 Å². The molecule has 2 aliphatic heterocycles. The van der Waals surface area contributed by atoms with Crippen LogP contribution in [0.15, 0.2) is 0 Å². The van der Waals surface area contributed by atoms with E-state index in [1.165, 1.54) is 0 Å². The van der Waals surface area contributed by atoms with Gasteiger partial charge in [0, 0.05) is 6.42 Å². The normalized spacial score (nSPS) is 26.9. The van der Waals surface area contributed by atoms with Crippen molar-refractivity contribution in [1.82, 2.24) is 4.90 Å². The quantitative estimate of drug-likeness (QED) is 0.676. The summed E-state index contributed by atoms with van der Waals surface area (Å²) in [5.74, 6) is -1.30. The summed E-state index contributed by atoms with van der Waals surface area (Å²) >= 11 is 0. The number of ether oxygens (including phenoxy) is 2. The average molecular weight is 201 g/mol. The number of likely N-dealkylation sites (tertiary alicyclic amines) is 1. The molecule has 5 nitrogen and oxygen atoms in total. The van der Waals surface area contributed by atoms with Gasteiger partial charge in [0.15, 0.2) is 5.79 Å². The summed E-state index contributed by atoms with van der Waals surface area (Å²) in [6.07, 6.45) is 1.82. The summed E-state index contributed by atoms with van der Waals surface area (Å²) in [5, 5.41) is 8.67. The Morgan fingerprint density at radius 2 is 2.14 bits per heavy atom. The number of carbonyl (C=O) groups is 1. The first-order valence-corrected chi connectivity index (χ1v) is 4.92. The van der Waals surface area contributed by atoms with Gasteiger partial charge in [0.2, 0.25) is 0 Å². The van der Waals surface area contributed by atoms with Crippen LogP contribution < -0.4 is 0 Å². The summed E-state index contributed by atoms with van der Waals surface area (Å²) in [7, 11) is 0. The van der Waals surface area contributed by atoms with Crippen LogP contribution in [-0.4, -0.2) is 54.6 Å². The molecule has 5 heteroatoms. The first-order valence-electron chi connectivity index (χ1n) is 4.92. The molecule has 2 fully saturated rings. The monoisotopic (exact) mass is 201 g/mol. The number of piperidine rings is 1. The molecule has 0 aliphatic carbocycles. The van der Waals surface area contributed by atoms with Crippen LogP contribution in [0.2, 0.25) is 0 Å². The van der Waals surface area contributed by atoms with Crippen LogP contribution in [0.3, 0.4) is 0 Å². The molecular formula is C9H15NO4. The molecule has 2 aliphatic rings. The number of hydrogen-bond acceptors (Lipinski definition) is 4. The fraction of sp³-hybridized carbons (Fsp3) is 0.889. The van der Waals surface area contributed by atoms with Gasteiger partial charge in [0.1, 0.15) is 0 Å². The van der Waals surface area contributed by atoms with Crippen molar-refractivity contribution < 1.29 is 19.4 Å². The molecule has 1 spiro atoms. The van der Waals surface area contributed by atoms with Crippen molar-refractivity contribution in [3.8, 4) is 0 Å². The Balaban J connectivity index is 1.93. The van der Waals surface area contributed by atoms with Gasteiger partial charge in [-0.25, -0.2) is 0 Å². The Kier molecular flexibility index (Phi) is 2.71. The highest BCUT2D eigenvalue weighted by molar-refractivity contribution is 5.69. The molecule has 14 heavy (non-hydrogen) atoms. The van der Waals surface area contributed by atoms with Gasteiger partial charge in [-0.2, -0.15) is 0 Å². The Hall–Kier alpha value is -0.650. The van der Waals surface area contributed by atoms with Crippen LogP contribution in [0.5, 0.6) is 0 Å².